The predicted molar refractivity (Wildman–Crippen MR) is 143 cm³/mol. The molecule has 5 aromatic rings. The number of nitrogens with zero attached hydrogens (tertiary/aromatic N) is 1. The minimum Gasteiger partial charge on any atom is -0.497 e. The molecular formula is C28H21F2N3O5S. The van der Waals surface area contributed by atoms with Gasteiger partial charge in [0.2, 0.25) is 0 Å². The number of fused-ring (bicyclic) bond motifs is 1. The first-order chi connectivity index (χ1) is 18.8. The van der Waals surface area contributed by atoms with E-state index in [0.717, 1.165) is 11.3 Å². The van der Waals surface area contributed by atoms with E-state index >= 15 is 0 Å². The highest BCUT2D eigenvalue weighted by Crippen LogP contribution is 2.42. The van der Waals surface area contributed by atoms with Crippen LogP contribution in [0.1, 0.15) is 38.1 Å². The van der Waals surface area contributed by atoms with Gasteiger partial charge in [0.05, 0.1) is 12.8 Å². The van der Waals surface area contributed by atoms with Crippen molar-refractivity contribution < 1.29 is 32.3 Å². The van der Waals surface area contributed by atoms with Gasteiger partial charge in [0.15, 0.2) is 5.76 Å². The lowest BCUT2D eigenvalue weighted by Crippen LogP contribution is -2.16. The number of nitrogens with one attached hydrogen (secondary N) is 1. The van der Waals surface area contributed by atoms with Gasteiger partial charge in [-0.15, -0.1) is 11.3 Å². The van der Waals surface area contributed by atoms with Crippen LogP contribution in [0.5, 0.6) is 11.5 Å². The minimum absolute atomic E-state index is 0.0240. The van der Waals surface area contributed by atoms with Crippen LogP contribution in [0.3, 0.4) is 0 Å². The van der Waals surface area contributed by atoms with Crippen molar-refractivity contribution in [2.75, 3.05) is 12.4 Å². The number of furan rings is 1. The maximum Gasteiger partial charge on any atom is 0.291 e. The molecule has 0 aliphatic heterocycles. The molecular weight excluding hydrogens is 528 g/mol. The highest BCUT2D eigenvalue weighted by atomic mass is 32.1. The molecule has 198 valence electrons. The second kappa shape index (κ2) is 10.9. The summed E-state index contributed by atoms with van der Waals surface area (Å²) in [7, 11) is 1.57. The molecule has 3 heterocycles. The number of thiophene rings is 1. The van der Waals surface area contributed by atoms with Gasteiger partial charge in [-0.3, -0.25) is 9.59 Å². The lowest BCUT2D eigenvalue weighted by atomic mass is 10.0. The van der Waals surface area contributed by atoms with E-state index in [1.807, 2.05) is 0 Å². The number of anilines is 1. The summed E-state index contributed by atoms with van der Waals surface area (Å²) >= 11 is 0.830. The zero-order valence-corrected chi connectivity index (χ0v) is 21.3. The number of carbonyl (C=O) groups is 2. The molecule has 0 bridgehead atoms. The van der Waals surface area contributed by atoms with Crippen LogP contribution >= 0.6 is 11.3 Å². The number of hydrogen-bond donors (Lipinski definition) is 2. The third kappa shape index (κ3) is 5.43. The molecule has 2 amide bonds. The molecule has 0 spiro atoms. The molecule has 0 aliphatic carbocycles. The number of pyridine rings is 1. The zero-order valence-electron chi connectivity index (χ0n) is 20.4. The van der Waals surface area contributed by atoms with Crippen LogP contribution in [0, 0.1) is 0 Å². The second-order valence-electron chi connectivity index (χ2n) is 8.30. The Morgan fingerprint density at radius 2 is 1.77 bits per heavy atom. The quantitative estimate of drug-likeness (QED) is 0.219. The highest BCUT2D eigenvalue weighted by Gasteiger charge is 2.26. The normalized spacial score (nSPS) is 11.1. The van der Waals surface area contributed by atoms with Crippen molar-refractivity contribution >= 4 is 39.1 Å². The van der Waals surface area contributed by atoms with Gasteiger partial charge < -0.3 is 24.9 Å². The number of ether oxygens (including phenoxy) is 2. The Balaban J connectivity index is 1.46. The molecule has 3 aromatic heterocycles. The molecule has 0 fully saturated rings. The average Bonchev–Trinajstić information content (AvgIpc) is 3.57. The summed E-state index contributed by atoms with van der Waals surface area (Å²) in [5.74, 6) is 0.111. The largest absolute Gasteiger partial charge is 0.497 e. The van der Waals surface area contributed by atoms with Gasteiger partial charge in [-0.25, -0.2) is 13.8 Å². The summed E-state index contributed by atoms with van der Waals surface area (Å²) in [6, 6.07) is 20.0. The molecule has 0 saturated carbocycles. The second-order valence-corrected chi connectivity index (χ2v) is 9.30. The maximum absolute atomic E-state index is 13.6. The van der Waals surface area contributed by atoms with Crippen LogP contribution in [0.15, 0.2) is 77.2 Å². The molecule has 0 radical (unpaired) electrons. The van der Waals surface area contributed by atoms with E-state index in [-0.39, 0.29) is 27.8 Å². The monoisotopic (exact) mass is 549 g/mol. The van der Waals surface area contributed by atoms with Gasteiger partial charge in [-0.1, -0.05) is 30.3 Å². The van der Waals surface area contributed by atoms with Crippen LogP contribution in [0.25, 0.3) is 21.3 Å². The number of rotatable bonds is 9. The van der Waals surface area contributed by atoms with Crippen molar-refractivity contribution in [2.24, 2.45) is 5.73 Å². The molecule has 8 nitrogen and oxygen atoms in total. The highest BCUT2D eigenvalue weighted by molar-refractivity contribution is 7.21. The number of primary amides is 1. The molecule has 5 rings (SSSR count). The standard InChI is InChI=1S/C28H21F2N3O5S/c1-36-16-7-9-17(10-8-16)37-14-18-11-12-21(38-18)27(35)33-23-22-19(15-5-3-2-4-6-15)13-20(25(29)30)32-28(22)39-24(23)26(31)34/h2-13,25H,14H2,1H3,(H2,31,34)(H,33,35). The summed E-state index contributed by atoms with van der Waals surface area (Å²) in [4.78, 5) is 29.6. The zero-order chi connectivity index (χ0) is 27.5. The van der Waals surface area contributed by atoms with Crippen molar-refractivity contribution in [1.29, 1.82) is 0 Å². The number of aromatic nitrogens is 1. The Labute approximate surface area is 225 Å². The number of benzene rings is 2. The van der Waals surface area contributed by atoms with Gasteiger partial charge in [-0.2, -0.15) is 0 Å². The topological polar surface area (TPSA) is 117 Å². The number of amides is 2. The molecule has 2 aromatic carbocycles. The first-order valence-corrected chi connectivity index (χ1v) is 12.4. The van der Waals surface area contributed by atoms with Crippen molar-refractivity contribution in [3.8, 4) is 22.6 Å². The Hall–Kier alpha value is -4.77. The van der Waals surface area contributed by atoms with Gasteiger partial charge >= 0.3 is 0 Å². The SMILES string of the molecule is COc1ccc(OCc2ccc(C(=O)Nc3c(C(N)=O)sc4nc(C(F)F)cc(-c5ccccc5)c34)o2)cc1. The Morgan fingerprint density at radius 3 is 2.44 bits per heavy atom. The molecule has 3 N–H and O–H groups in total. The lowest BCUT2D eigenvalue weighted by molar-refractivity contribution is 0.0992. The van der Waals surface area contributed by atoms with Crippen LogP contribution in [0.4, 0.5) is 14.5 Å². The predicted octanol–water partition coefficient (Wildman–Crippen LogP) is 6.43. The van der Waals surface area contributed by atoms with E-state index in [2.05, 4.69) is 10.3 Å². The van der Waals surface area contributed by atoms with Crippen molar-refractivity contribution in [1.82, 2.24) is 4.98 Å². The van der Waals surface area contributed by atoms with Gasteiger partial charge in [0.1, 0.15) is 39.3 Å². The Morgan fingerprint density at radius 1 is 1.05 bits per heavy atom. The fourth-order valence-electron chi connectivity index (χ4n) is 3.95. The third-order valence-electron chi connectivity index (χ3n) is 5.78. The molecule has 0 unspecified atom stereocenters. The fraction of sp³-hybridized carbons (Fsp3) is 0.107. The molecule has 0 atom stereocenters. The van der Waals surface area contributed by atoms with E-state index in [4.69, 9.17) is 19.6 Å². The van der Waals surface area contributed by atoms with Gasteiger partial charge in [0, 0.05) is 5.39 Å². The van der Waals surface area contributed by atoms with Crippen LogP contribution in [-0.2, 0) is 6.61 Å². The van der Waals surface area contributed by atoms with Crippen LogP contribution < -0.4 is 20.5 Å². The number of hydrogen-bond acceptors (Lipinski definition) is 7. The number of alkyl halides is 2. The lowest BCUT2D eigenvalue weighted by Gasteiger charge is -2.10. The maximum atomic E-state index is 13.6. The van der Waals surface area contributed by atoms with Crippen LogP contribution in [-0.4, -0.2) is 23.9 Å². The minimum atomic E-state index is -2.84. The first-order valence-electron chi connectivity index (χ1n) is 11.6. The molecule has 11 heteroatoms. The average molecular weight is 550 g/mol. The Kier molecular flexibility index (Phi) is 7.24. The number of carbonyl (C=O) groups excluding carboxylic acids is 2. The van der Waals surface area contributed by atoms with Gasteiger partial charge in [0.25, 0.3) is 18.2 Å². The van der Waals surface area contributed by atoms with E-state index in [0.29, 0.717) is 33.8 Å². The number of methoxy groups -OCH3 is 1. The van der Waals surface area contributed by atoms with E-state index in [9.17, 15) is 18.4 Å². The van der Waals surface area contributed by atoms with Crippen molar-refractivity contribution in [3.63, 3.8) is 0 Å². The Bertz CT molecular complexity index is 1650. The van der Waals surface area contributed by atoms with Crippen molar-refractivity contribution in [3.05, 3.63) is 94.9 Å². The summed E-state index contributed by atoms with van der Waals surface area (Å²) in [6.45, 7) is 0.0615. The summed E-state index contributed by atoms with van der Waals surface area (Å²) in [5, 5.41) is 3.01. The first kappa shape index (κ1) is 25.9. The van der Waals surface area contributed by atoms with Crippen LogP contribution in [0.2, 0.25) is 0 Å². The fourth-order valence-corrected chi connectivity index (χ4v) is 4.96. The molecule has 39 heavy (non-hydrogen) atoms. The van der Waals surface area contributed by atoms with E-state index < -0.39 is 23.9 Å². The summed E-state index contributed by atoms with van der Waals surface area (Å²) < 4.78 is 43.7. The van der Waals surface area contributed by atoms with Crippen molar-refractivity contribution in [2.45, 2.75) is 13.0 Å². The number of nitrogens with two attached hydrogens (primary N) is 1. The third-order valence-corrected chi connectivity index (χ3v) is 6.88. The summed E-state index contributed by atoms with van der Waals surface area (Å²) in [6.07, 6.45) is -2.84. The molecule has 0 saturated heterocycles. The van der Waals surface area contributed by atoms with E-state index in [1.165, 1.54) is 12.1 Å². The molecule has 0 aliphatic rings. The van der Waals surface area contributed by atoms with E-state index in [1.54, 1.807) is 67.8 Å². The number of halogens is 2. The summed E-state index contributed by atoms with van der Waals surface area (Å²) in [5.41, 5.74) is 6.20. The smallest absolute Gasteiger partial charge is 0.291 e. The van der Waals surface area contributed by atoms with Gasteiger partial charge in [-0.05, 0) is 53.6 Å².